The van der Waals surface area contributed by atoms with Gasteiger partial charge in [0.1, 0.15) is 17.7 Å². The number of carbonyl (C=O) groups excluding carboxylic acids is 2. The Morgan fingerprint density at radius 1 is 1.18 bits per heavy atom. The van der Waals surface area contributed by atoms with Gasteiger partial charge in [0.25, 0.3) is 0 Å². The number of aliphatic hydroxyl groups is 2. The molecule has 0 spiro atoms. The van der Waals surface area contributed by atoms with Crippen LogP contribution in [0.1, 0.15) is 59.9 Å². The molecule has 1 saturated carbocycles. The molecular formula is C33H45ClN2O9. The number of hydrogen-bond donors (Lipinski definition) is 4. The third-order valence-corrected chi connectivity index (χ3v) is 11.0. The number of carbonyl (C=O) groups is 3. The van der Waals surface area contributed by atoms with Crippen LogP contribution in [0.5, 0.6) is 0 Å². The molecule has 11 atom stereocenters. The van der Waals surface area contributed by atoms with E-state index in [1.807, 2.05) is 19.9 Å². The fourth-order valence-electron chi connectivity index (χ4n) is 8.53. The van der Waals surface area contributed by atoms with Gasteiger partial charge in [-0.25, -0.2) is 0 Å². The highest BCUT2D eigenvalue weighted by atomic mass is 35.5. The molecule has 248 valence electrons. The van der Waals surface area contributed by atoms with E-state index in [0.29, 0.717) is 28.3 Å². The second-order valence-electron chi connectivity index (χ2n) is 13.7. The first-order valence-electron chi connectivity index (χ1n) is 15.7. The molecule has 1 aromatic rings. The van der Waals surface area contributed by atoms with Gasteiger partial charge in [0.05, 0.1) is 28.8 Å². The molecular weight excluding hydrogens is 604 g/mol. The summed E-state index contributed by atoms with van der Waals surface area (Å²) in [6, 6.07) is 3.61. The molecule has 45 heavy (non-hydrogen) atoms. The number of aliphatic carboxylic acids is 1. The lowest BCUT2D eigenvalue weighted by Gasteiger charge is -2.60. The lowest BCUT2D eigenvalue weighted by atomic mass is 9.49. The van der Waals surface area contributed by atoms with Crippen molar-refractivity contribution in [2.45, 2.75) is 84.0 Å². The number of nitrogens with one attached hydrogen (secondary N) is 1. The van der Waals surface area contributed by atoms with Gasteiger partial charge in [0.2, 0.25) is 0 Å². The molecule has 4 N–H and O–H groups in total. The number of hydroxylamine groups is 1. The number of carboxylic acid groups (broad SMARTS) is 1. The van der Waals surface area contributed by atoms with E-state index in [1.54, 1.807) is 46.0 Å². The van der Waals surface area contributed by atoms with Crippen molar-refractivity contribution < 1.29 is 44.0 Å². The monoisotopic (exact) mass is 648 g/mol. The summed E-state index contributed by atoms with van der Waals surface area (Å²) in [5.74, 6) is -5.95. The zero-order valence-corrected chi connectivity index (χ0v) is 27.6. The van der Waals surface area contributed by atoms with E-state index in [-0.39, 0.29) is 36.2 Å². The Morgan fingerprint density at radius 3 is 2.49 bits per heavy atom. The number of ether oxygens (including phenoxy) is 2. The maximum absolute atomic E-state index is 13.2. The van der Waals surface area contributed by atoms with Crippen molar-refractivity contribution in [2.24, 2.45) is 41.4 Å². The van der Waals surface area contributed by atoms with E-state index in [9.17, 15) is 29.7 Å². The maximum atomic E-state index is 13.2. The molecule has 2 heterocycles. The minimum Gasteiger partial charge on any atom is -0.480 e. The molecule has 0 aromatic heterocycles. The van der Waals surface area contributed by atoms with Crippen molar-refractivity contribution in [2.75, 3.05) is 18.7 Å². The van der Waals surface area contributed by atoms with Crippen LogP contribution in [0, 0.1) is 41.4 Å². The number of benzene rings is 1. The predicted octanol–water partition coefficient (Wildman–Crippen LogP) is 3.64. The Kier molecular flexibility index (Phi) is 9.09. The van der Waals surface area contributed by atoms with Crippen molar-refractivity contribution in [1.29, 1.82) is 0 Å². The number of rotatable bonds is 7. The summed E-state index contributed by atoms with van der Waals surface area (Å²) in [5.41, 5.74) is -2.26. The van der Waals surface area contributed by atoms with Crippen molar-refractivity contribution in [3.05, 3.63) is 40.4 Å². The van der Waals surface area contributed by atoms with E-state index in [0.717, 1.165) is 6.42 Å². The van der Waals surface area contributed by atoms with Crippen molar-refractivity contribution in [3.63, 3.8) is 0 Å². The van der Waals surface area contributed by atoms with Crippen LogP contribution in [-0.4, -0.2) is 70.9 Å². The maximum Gasteiger partial charge on any atom is 0.321 e. The van der Waals surface area contributed by atoms with Gasteiger partial charge < -0.3 is 24.8 Å². The zero-order chi connectivity index (χ0) is 33.2. The van der Waals surface area contributed by atoms with E-state index in [2.05, 4.69) is 5.32 Å². The number of carboxylic acids is 1. The van der Waals surface area contributed by atoms with Crippen LogP contribution in [0.3, 0.4) is 0 Å². The molecule has 2 fully saturated rings. The molecule has 4 aliphatic rings. The summed E-state index contributed by atoms with van der Waals surface area (Å²) in [5, 5.41) is 41.3. The molecule has 11 nitrogen and oxygen atoms in total. The fraction of sp³-hybridized carbons (Fsp3) is 0.667. The topological polar surface area (TPSA) is 155 Å². The van der Waals surface area contributed by atoms with E-state index in [1.165, 1.54) is 12.0 Å². The van der Waals surface area contributed by atoms with E-state index >= 15 is 0 Å². The van der Waals surface area contributed by atoms with Crippen LogP contribution >= 0.6 is 11.6 Å². The minimum absolute atomic E-state index is 0.147. The zero-order valence-electron chi connectivity index (χ0n) is 26.8. The SMILES string of the molecule is CC(=O)O[C@H]1C(C)=C[C@@H]2[C@@H](C(C)COC(=O)C(C)C)CC[C@@H](C)[C@]2(O)C1[C@H]1[C@@H](C(=O)O)N[C@@H]2ON(C)c3c(Cl)cccc3[C@@]21O. The number of para-hydroxylation sites is 1. The largest absolute Gasteiger partial charge is 0.480 e. The van der Waals surface area contributed by atoms with Crippen LogP contribution in [0.25, 0.3) is 0 Å². The van der Waals surface area contributed by atoms with Gasteiger partial charge in [-0.3, -0.25) is 29.6 Å². The smallest absolute Gasteiger partial charge is 0.321 e. The van der Waals surface area contributed by atoms with Gasteiger partial charge >= 0.3 is 17.9 Å². The second-order valence-corrected chi connectivity index (χ2v) is 14.1. The number of esters is 2. The number of anilines is 1. The number of nitrogens with zero attached hydrogens (tertiary/aromatic N) is 1. The number of halogens is 1. The molecule has 2 aliphatic carbocycles. The van der Waals surface area contributed by atoms with Crippen LogP contribution in [0.15, 0.2) is 29.8 Å². The normalized spacial score (nSPS) is 38.0. The molecule has 1 aromatic carbocycles. The first-order chi connectivity index (χ1) is 21.0. The molecule has 2 aliphatic heterocycles. The van der Waals surface area contributed by atoms with E-state index < -0.39 is 59.3 Å². The summed E-state index contributed by atoms with van der Waals surface area (Å²) < 4.78 is 11.5. The third-order valence-electron chi connectivity index (χ3n) is 10.7. The van der Waals surface area contributed by atoms with E-state index in [4.69, 9.17) is 25.9 Å². The van der Waals surface area contributed by atoms with Crippen LogP contribution in [-0.2, 0) is 34.3 Å². The van der Waals surface area contributed by atoms with Crippen molar-refractivity contribution >= 4 is 35.2 Å². The average Bonchev–Trinajstić information content (AvgIpc) is 3.26. The third kappa shape index (κ3) is 5.34. The van der Waals surface area contributed by atoms with Crippen LogP contribution < -0.4 is 10.4 Å². The Hall–Kier alpha value is -2.70. The molecule has 0 bridgehead atoms. The number of hydrogen-bond acceptors (Lipinski definition) is 10. The first kappa shape index (κ1) is 33.7. The Balaban J connectivity index is 1.69. The highest BCUT2D eigenvalue weighted by molar-refractivity contribution is 6.33. The quantitative estimate of drug-likeness (QED) is 0.253. The average molecular weight is 649 g/mol. The summed E-state index contributed by atoms with van der Waals surface area (Å²) in [6.07, 6.45) is 0.986. The lowest BCUT2D eigenvalue weighted by molar-refractivity contribution is -0.228. The Labute approximate surface area is 268 Å². The van der Waals surface area contributed by atoms with Crippen molar-refractivity contribution in [1.82, 2.24) is 5.32 Å². The fourth-order valence-corrected chi connectivity index (χ4v) is 8.82. The molecule has 0 amide bonds. The predicted molar refractivity (Wildman–Crippen MR) is 165 cm³/mol. The molecule has 0 radical (unpaired) electrons. The molecule has 2 unspecified atom stereocenters. The second kappa shape index (κ2) is 12.2. The van der Waals surface area contributed by atoms with Gasteiger partial charge in [-0.05, 0) is 49.2 Å². The first-order valence-corrected chi connectivity index (χ1v) is 16.1. The van der Waals surface area contributed by atoms with Crippen LogP contribution in [0.2, 0.25) is 5.02 Å². The molecule has 12 heteroatoms. The van der Waals surface area contributed by atoms with Gasteiger partial charge in [-0.15, -0.1) is 0 Å². The standard InChI is InChI=1S/C33H45ClN2O9/c1-15(2)30(40)43-14-17(4)20-12-11-18(5)32(41)22(20)13-16(3)28(44-19(6)37)25(32)24-26(29(38)39)35-31-33(24,42)21-9-8-10-23(34)27(21)36(7)45-31/h8-10,13,15,17-18,20,22,24-26,28,31,35,41-42H,11-12,14H2,1-7H3,(H,38,39)/t17?,18-,20-,22-,24+,25?,26+,28+,31-,32-,33+/m1/s1. The Bertz CT molecular complexity index is 1390. The van der Waals surface area contributed by atoms with Crippen molar-refractivity contribution in [3.8, 4) is 0 Å². The highest BCUT2D eigenvalue weighted by Crippen LogP contribution is 2.61. The molecule has 1 saturated heterocycles. The van der Waals surface area contributed by atoms with Gasteiger partial charge in [0.15, 0.2) is 6.23 Å². The van der Waals surface area contributed by atoms with Gasteiger partial charge in [0, 0.05) is 37.3 Å². The highest BCUT2D eigenvalue weighted by Gasteiger charge is 2.71. The summed E-state index contributed by atoms with van der Waals surface area (Å²) in [4.78, 5) is 44.0. The lowest BCUT2D eigenvalue weighted by Crippen LogP contribution is -2.67. The number of fused-ring (bicyclic) bond motifs is 4. The van der Waals surface area contributed by atoms with Gasteiger partial charge in [-0.2, -0.15) is 0 Å². The summed E-state index contributed by atoms with van der Waals surface area (Å²) in [6.45, 7) is 10.7. The Morgan fingerprint density at radius 2 is 1.87 bits per heavy atom. The van der Waals surface area contributed by atoms with Gasteiger partial charge in [-0.1, -0.05) is 57.5 Å². The van der Waals surface area contributed by atoms with Crippen LogP contribution in [0.4, 0.5) is 5.69 Å². The molecule has 5 rings (SSSR count). The summed E-state index contributed by atoms with van der Waals surface area (Å²) >= 11 is 6.60. The summed E-state index contributed by atoms with van der Waals surface area (Å²) in [7, 11) is 1.62. The minimum atomic E-state index is -2.00.